The largest absolute Gasteiger partial charge is 0.417 e. The van der Waals surface area contributed by atoms with E-state index in [4.69, 9.17) is 23.2 Å². The fraction of sp³-hybridized carbons (Fsp3) is 0.238. The van der Waals surface area contributed by atoms with Crippen molar-refractivity contribution < 1.29 is 22.8 Å². The second-order valence-electron chi connectivity index (χ2n) is 6.82. The van der Waals surface area contributed by atoms with E-state index in [9.17, 15) is 22.8 Å². The van der Waals surface area contributed by atoms with Gasteiger partial charge >= 0.3 is 6.18 Å². The summed E-state index contributed by atoms with van der Waals surface area (Å²) in [7, 11) is 0. The Morgan fingerprint density at radius 1 is 1.07 bits per heavy atom. The predicted octanol–water partition coefficient (Wildman–Crippen LogP) is 5.98. The first-order valence-electron chi connectivity index (χ1n) is 8.83. The summed E-state index contributed by atoms with van der Waals surface area (Å²) < 4.78 is 40.8. The average molecular weight is 474 g/mol. The molecule has 0 unspecified atom stereocenters. The number of carbonyl (C=O) groups excluding carboxylic acids is 2. The summed E-state index contributed by atoms with van der Waals surface area (Å²) in [6.07, 6.45) is -4.28. The topological polar surface area (TPSA) is 46.2 Å². The lowest BCUT2D eigenvalue weighted by molar-refractivity contribution is -0.0689. The Hall–Kier alpha value is -1.96. The Bertz CT molecular complexity index is 1010. The molecule has 2 aromatic carbocycles. The molecule has 3 rings (SSSR count). The summed E-state index contributed by atoms with van der Waals surface area (Å²) in [6, 6.07) is 7.80. The van der Waals surface area contributed by atoms with Crippen molar-refractivity contribution >= 4 is 52.2 Å². The van der Waals surface area contributed by atoms with Gasteiger partial charge in [-0.05, 0) is 54.5 Å². The molecule has 0 spiro atoms. The van der Waals surface area contributed by atoms with Gasteiger partial charge in [0.1, 0.15) is 0 Å². The van der Waals surface area contributed by atoms with Crippen LogP contribution in [0.3, 0.4) is 0 Å². The van der Waals surface area contributed by atoms with Crippen LogP contribution in [0.15, 0.2) is 42.5 Å². The monoisotopic (exact) mass is 473 g/mol. The fourth-order valence-corrected chi connectivity index (χ4v) is 4.07. The minimum absolute atomic E-state index is 0.0242. The number of rotatable bonds is 5. The Labute approximate surface area is 185 Å². The van der Waals surface area contributed by atoms with E-state index in [2.05, 4.69) is 5.32 Å². The lowest BCUT2D eigenvalue weighted by atomic mass is 9.98. The molecule has 0 bridgehead atoms. The van der Waals surface area contributed by atoms with E-state index in [-0.39, 0.29) is 33.1 Å². The van der Waals surface area contributed by atoms with Gasteiger partial charge in [0.05, 0.1) is 5.57 Å². The standard InChI is InChI=1S/C21H16Cl2F3NO2S/c1-11-4-12(2-3-17(11)20(29)27-16-9-30-10-16)19(28)8-18(21(24,25)26)13-5-14(22)7-15(23)6-13/h2-8,16H,9-10H2,1H3,(H,27,29). The molecular weight excluding hydrogens is 458 g/mol. The molecule has 1 aliphatic heterocycles. The van der Waals surface area contributed by atoms with E-state index in [1.165, 1.54) is 24.3 Å². The zero-order chi connectivity index (χ0) is 22.1. The van der Waals surface area contributed by atoms with E-state index < -0.39 is 17.5 Å². The first-order valence-corrected chi connectivity index (χ1v) is 10.7. The first-order chi connectivity index (χ1) is 14.0. The van der Waals surface area contributed by atoms with Gasteiger partial charge in [0.15, 0.2) is 5.78 Å². The van der Waals surface area contributed by atoms with Crippen LogP contribution >= 0.6 is 35.0 Å². The number of allylic oxidation sites excluding steroid dienone is 2. The number of aryl methyl sites for hydroxylation is 1. The van der Waals surface area contributed by atoms with Gasteiger partial charge in [-0.3, -0.25) is 9.59 Å². The van der Waals surface area contributed by atoms with Gasteiger partial charge in [-0.25, -0.2) is 0 Å². The fourth-order valence-electron chi connectivity index (χ4n) is 2.91. The highest BCUT2D eigenvalue weighted by Crippen LogP contribution is 2.36. The molecule has 1 amide bonds. The lowest BCUT2D eigenvalue weighted by Gasteiger charge is -2.26. The minimum atomic E-state index is -4.79. The number of hydrogen-bond donors (Lipinski definition) is 1. The van der Waals surface area contributed by atoms with Crippen LogP contribution in [0.25, 0.3) is 5.57 Å². The molecular formula is C21H16Cl2F3NO2S. The van der Waals surface area contributed by atoms with E-state index in [1.54, 1.807) is 18.7 Å². The Balaban J connectivity index is 1.90. The molecule has 0 radical (unpaired) electrons. The van der Waals surface area contributed by atoms with Crippen LogP contribution in [0.2, 0.25) is 10.0 Å². The van der Waals surface area contributed by atoms with Crippen molar-refractivity contribution in [1.29, 1.82) is 0 Å². The van der Waals surface area contributed by atoms with Gasteiger partial charge in [-0.2, -0.15) is 24.9 Å². The third-order valence-electron chi connectivity index (χ3n) is 4.48. The molecule has 0 saturated carbocycles. The van der Waals surface area contributed by atoms with Crippen molar-refractivity contribution in [2.75, 3.05) is 11.5 Å². The number of hydrogen-bond acceptors (Lipinski definition) is 3. The highest BCUT2D eigenvalue weighted by molar-refractivity contribution is 8.00. The highest BCUT2D eigenvalue weighted by Gasteiger charge is 2.35. The number of ketones is 1. The molecule has 1 N–H and O–H groups in total. The second-order valence-corrected chi connectivity index (χ2v) is 8.76. The maximum Gasteiger partial charge on any atom is 0.417 e. The molecule has 3 nitrogen and oxygen atoms in total. The molecule has 30 heavy (non-hydrogen) atoms. The Morgan fingerprint density at radius 3 is 2.20 bits per heavy atom. The number of benzene rings is 2. The van der Waals surface area contributed by atoms with Crippen LogP contribution in [0.5, 0.6) is 0 Å². The molecule has 0 aliphatic carbocycles. The highest BCUT2D eigenvalue weighted by atomic mass is 35.5. The van der Waals surface area contributed by atoms with Crippen molar-refractivity contribution in [3.05, 3.63) is 74.8 Å². The molecule has 158 valence electrons. The number of thioether (sulfide) groups is 1. The summed E-state index contributed by atoms with van der Waals surface area (Å²) in [5.74, 6) is 0.584. The zero-order valence-electron chi connectivity index (χ0n) is 15.6. The molecule has 0 atom stereocenters. The summed E-state index contributed by atoms with van der Waals surface area (Å²) in [4.78, 5) is 24.9. The molecule has 9 heteroatoms. The molecule has 1 aliphatic rings. The van der Waals surface area contributed by atoms with E-state index in [0.717, 1.165) is 23.6 Å². The van der Waals surface area contributed by atoms with Crippen molar-refractivity contribution in [3.8, 4) is 0 Å². The molecule has 1 heterocycles. The third kappa shape index (κ3) is 5.39. The van der Waals surface area contributed by atoms with Crippen molar-refractivity contribution in [2.24, 2.45) is 0 Å². The summed E-state index contributed by atoms with van der Waals surface area (Å²) in [5.41, 5.74) is -0.542. The SMILES string of the molecule is Cc1cc(C(=O)C=C(c2cc(Cl)cc(Cl)c2)C(F)(F)F)ccc1C(=O)NC1CSC1. The summed E-state index contributed by atoms with van der Waals surface area (Å²) in [6.45, 7) is 1.63. The smallest absolute Gasteiger partial charge is 0.348 e. The lowest BCUT2D eigenvalue weighted by Crippen LogP contribution is -2.44. The third-order valence-corrected chi connectivity index (χ3v) is 6.20. The van der Waals surface area contributed by atoms with Gasteiger partial charge in [0.25, 0.3) is 5.91 Å². The van der Waals surface area contributed by atoms with Crippen LogP contribution in [0.1, 0.15) is 31.8 Å². The average Bonchev–Trinajstić information content (AvgIpc) is 2.60. The van der Waals surface area contributed by atoms with Crippen molar-refractivity contribution in [2.45, 2.75) is 19.1 Å². The van der Waals surface area contributed by atoms with E-state index in [0.29, 0.717) is 17.2 Å². The van der Waals surface area contributed by atoms with E-state index >= 15 is 0 Å². The van der Waals surface area contributed by atoms with Crippen LogP contribution in [0.4, 0.5) is 13.2 Å². The van der Waals surface area contributed by atoms with Crippen molar-refractivity contribution in [3.63, 3.8) is 0 Å². The summed E-state index contributed by atoms with van der Waals surface area (Å²) in [5, 5.41) is 2.92. The maximum absolute atomic E-state index is 13.6. The molecule has 1 saturated heterocycles. The van der Waals surface area contributed by atoms with Crippen LogP contribution in [0, 0.1) is 6.92 Å². The van der Waals surface area contributed by atoms with Crippen molar-refractivity contribution in [1.82, 2.24) is 5.32 Å². The zero-order valence-corrected chi connectivity index (χ0v) is 18.0. The number of nitrogens with one attached hydrogen (secondary N) is 1. The second kappa shape index (κ2) is 9.04. The van der Waals surface area contributed by atoms with Crippen LogP contribution < -0.4 is 5.32 Å². The predicted molar refractivity (Wildman–Crippen MR) is 115 cm³/mol. The Morgan fingerprint density at radius 2 is 1.70 bits per heavy atom. The van der Waals surface area contributed by atoms with Gasteiger partial charge < -0.3 is 5.32 Å². The van der Waals surface area contributed by atoms with Crippen LogP contribution in [-0.2, 0) is 0 Å². The molecule has 1 fully saturated rings. The number of halogens is 5. The number of amides is 1. The van der Waals surface area contributed by atoms with Gasteiger partial charge in [0.2, 0.25) is 0 Å². The molecule has 0 aromatic heterocycles. The van der Waals surface area contributed by atoms with Gasteiger partial charge in [-0.15, -0.1) is 0 Å². The van der Waals surface area contributed by atoms with Gasteiger partial charge in [-0.1, -0.05) is 29.3 Å². The minimum Gasteiger partial charge on any atom is -0.348 e. The van der Waals surface area contributed by atoms with E-state index in [1.807, 2.05) is 0 Å². The number of alkyl halides is 3. The van der Waals surface area contributed by atoms with Gasteiger partial charge in [0, 0.05) is 38.7 Å². The Kier molecular flexibility index (Phi) is 6.84. The normalized spacial score (nSPS) is 14.9. The quantitative estimate of drug-likeness (QED) is 0.429. The van der Waals surface area contributed by atoms with Crippen LogP contribution in [-0.4, -0.2) is 35.4 Å². The first kappa shape index (κ1) is 22.7. The number of carbonyl (C=O) groups is 2. The molecule has 2 aromatic rings. The summed E-state index contributed by atoms with van der Waals surface area (Å²) >= 11 is 13.4. The maximum atomic E-state index is 13.6.